The zero-order valence-corrected chi connectivity index (χ0v) is 11.6. The Morgan fingerprint density at radius 3 is 2.56 bits per heavy atom. The van der Waals surface area contributed by atoms with Crippen molar-refractivity contribution in [2.75, 3.05) is 0 Å². The molecule has 1 unspecified atom stereocenters. The largest absolute Gasteiger partial charge is 0.327 e. The fraction of sp³-hybridized carbons (Fsp3) is 0.538. The molecule has 0 fully saturated rings. The van der Waals surface area contributed by atoms with Gasteiger partial charge in [-0.1, -0.05) is 36.7 Å². The second-order valence-corrected chi connectivity index (χ2v) is 6.10. The third kappa shape index (κ3) is 3.87. The molecule has 0 radical (unpaired) electrons. The van der Waals surface area contributed by atoms with Crippen LogP contribution in [0.4, 0.5) is 4.39 Å². The molecular weight excluding hydrogens is 269 g/mol. The van der Waals surface area contributed by atoms with Crippen LogP contribution in [0.3, 0.4) is 0 Å². The summed E-state index contributed by atoms with van der Waals surface area (Å²) in [7, 11) is 0. The van der Waals surface area contributed by atoms with Gasteiger partial charge in [0.05, 0.1) is 0 Å². The third-order valence-electron chi connectivity index (χ3n) is 2.84. The van der Waals surface area contributed by atoms with Crippen LogP contribution in [0.15, 0.2) is 22.7 Å². The molecular formula is C13H19BrFN. The first-order valence-corrected chi connectivity index (χ1v) is 6.29. The highest BCUT2D eigenvalue weighted by Crippen LogP contribution is 2.24. The van der Waals surface area contributed by atoms with E-state index in [2.05, 4.69) is 36.7 Å². The minimum Gasteiger partial charge on any atom is -0.327 e. The number of nitrogens with two attached hydrogens (primary N) is 1. The monoisotopic (exact) mass is 287 g/mol. The zero-order chi connectivity index (χ0) is 12.3. The van der Waals surface area contributed by atoms with E-state index in [4.69, 9.17) is 5.73 Å². The van der Waals surface area contributed by atoms with E-state index in [1.807, 2.05) is 0 Å². The topological polar surface area (TPSA) is 26.0 Å². The molecule has 3 heteroatoms. The average molecular weight is 288 g/mol. The van der Waals surface area contributed by atoms with Crippen molar-refractivity contribution in [2.24, 2.45) is 11.1 Å². The Labute approximate surface area is 105 Å². The Hall–Kier alpha value is -0.410. The van der Waals surface area contributed by atoms with Crippen molar-refractivity contribution < 1.29 is 4.39 Å². The summed E-state index contributed by atoms with van der Waals surface area (Å²) < 4.78 is 14.0. The van der Waals surface area contributed by atoms with Crippen LogP contribution in [0.25, 0.3) is 0 Å². The van der Waals surface area contributed by atoms with Gasteiger partial charge < -0.3 is 5.73 Å². The van der Waals surface area contributed by atoms with Crippen molar-refractivity contribution in [2.45, 2.75) is 39.7 Å². The molecule has 16 heavy (non-hydrogen) atoms. The smallest absolute Gasteiger partial charge is 0.123 e. The molecule has 0 bridgehead atoms. The molecule has 0 aliphatic rings. The number of benzene rings is 1. The Morgan fingerprint density at radius 2 is 2.00 bits per heavy atom. The summed E-state index contributed by atoms with van der Waals surface area (Å²) in [5, 5.41) is 0. The van der Waals surface area contributed by atoms with E-state index in [0.29, 0.717) is 0 Å². The van der Waals surface area contributed by atoms with Crippen LogP contribution in [-0.2, 0) is 6.42 Å². The predicted octanol–water partition coefficient (Wildman–Crippen LogP) is 3.89. The maximum absolute atomic E-state index is 13.1. The highest BCUT2D eigenvalue weighted by atomic mass is 79.9. The molecule has 0 spiro atoms. The maximum Gasteiger partial charge on any atom is 0.123 e. The summed E-state index contributed by atoms with van der Waals surface area (Å²) in [5.74, 6) is -0.192. The molecule has 2 N–H and O–H groups in total. The molecule has 1 atom stereocenters. The van der Waals surface area contributed by atoms with Crippen molar-refractivity contribution in [3.63, 3.8) is 0 Å². The van der Waals surface area contributed by atoms with Crippen molar-refractivity contribution >= 4 is 15.9 Å². The van der Waals surface area contributed by atoms with E-state index in [1.54, 1.807) is 12.1 Å². The first kappa shape index (κ1) is 13.7. The van der Waals surface area contributed by atoms with Crippen LogP contribution in [0.1, 0.15) is 32.8 Å². The molecule has 1 aromatic rings. The number of aryl methyl sites for hydroxylation is 1. The first-order valence-electron chi connectivity index (χ1n) is 5.50. The van der Waals surface area contributed by atoms with Crippen LogP contribution in [-0.4, -0.2) is 6.04 Å². The number of rotatable bonds is 3. The summed E-state index contributed by atoms with van der Waals surface area (Å²) in [4.78, 5) is 0. The third-order valence-corrected chi connectivity index (χ3v) is 3.62. The average Bonchev–Trinajstić information content (AvgIpc) is 2.17. The predicted molar refractivity (Wildman–Crippen MR) is 69.9 cm³/mol. The second kappa shape index (κ2) is 5.28. The van der Waals surface area contributed by atoms with Crippen molar-refractivity contribution in [1.29, 1.82) is 0 Å². The highest BCUT2D eigenvalue weighted by Gasteiger charge is 2.20. The van der Waals surface area contributed by atoms with Gasteiger partial charge in [0.15, 0.2) is 0 Å². The molecule has 0 amide bonds. The Morgan fingerprint density at radius 1 is 1.38 bits per heavy atom. The lowest BCUT2D eigenvalue weighted by atomic mass is 9.84. The van der Waals surface area contributed by atoms with E-state index < -0.39 is 0 Å². The van der Waals surface area contributed by atoms with Gasteiger partial charge in [-0.05, 0) is 42.0 Å². The molecule has 90 valence electrons. The van der Waals surface area contributed by atoms with E-state index in [0.717, 1.165) is 22.9 Å². The van der Waals surface area contributed by atoms with Crippen LogP contribution >= 0.6 is 15.9 Å². The van der Waals surface area contributed by atoms with Crippen LogP contribution < -0.4 is 5.73 Å². The lowest BCUT2D eigenvalue weighted by Crippen LogP contribution is -2.35. The normalized spacial score (nSPS) is 13.9. The summed E-state index contributed by atoms with van der Waals surface area (Å²) in [5.41, 5.74) is 7.16. The first-order chi connectivity index (χ1) is 7.30. The summed E-state index contributed by atoms with van der Waals surface area (Å²) in [6, 6.07) is 4.90. The lowest BCUT2D eigenvalue weighted by molar-refractivity contribution is 0.306. The van der Waals surface area contributed by atoms with Gasteiger partial charge in [-0.15, -0.1) is 0 Å². The van der Waals surface area contributed by atoms with E-state index in [9.17, 15) is 4.39 Å². The lowest BCUT2D eigenvalue weighted by Gasteiger charge is -2.27. The summed E-state index contributed by atoms with van der Waals surface area (Å²) in [6.45, 7) is 6.37. The van der Waals surface area contributed by atoms with Crippen molar-refractivity contribution in [3.8, 4) is 0 Å². The van der Waals surface area contributed by atoms with Crippen LogP contribution in [0.5, 0.6) is 0 Å². The minimum atomic E-state index is -0.192. The van der Waals surface area contributed by atoms with Gasteiger partial charge in [0.2, 0.25) is 0 Å². The number of halogens is 2. The van der Waals surface area contributed by atoms with E-state index in [1.165, 1.54) is 6.07 Å². The van der Waals surface area contributed by atoms with Gasteiger partial charge in [-0.3, -0.25) is 0 Å². The van der Waals surface area contributed by atoms with E-state index in [-0.39, 0.29) is 17.3 Å². The Balaban J connectivity index is 2.64. The molecule has 0 aliphatic carbocycles. The summed E-state index contributed by atoms with van der Waals surface area (Å²) >= 11 is 3.42. The summed E-state index contributed by atoms with van der Waals surface area (Å²) in [6.07, 6.45) is 1.67. The van der Waals surface area contributed by atoms with Gasteiger partial charge in [-0.2, -0.15) is 0 Å². The molecule has 0 saturated heterocycles. The SMILES string of the molecule is CC(C)(C)C(N)CCc1cc(F)ccc1Br. The number of hydrogen-bond donors (Lipinski definition) is 1. The fourth-order valence-electron chi connectivity index (χ4n) is 1.48. The van der Waals surface area contributed by atoms with Crippen LogP contribution in [0.2, 0.25) is 0 Å². The molecule has 0 aliphatic heterocycles. The number of hydrogen-bond acceptors (Lipinski definition) is 1. The standard InChI is InChI=1S/C13H19BrFN/c1-13(2,3)12(16)7-4-9-8-10(15)5-6-11(9)14/h5-6,8,12H,4,7,16H2,1-3H3. The fourth-order valence-corrected chi connectivity index (χ4v) is 1.92. The van der Waals surface area contributed by atoms with Gasteiger partial charge in [0.25, 0.3) is 0 Å². The molecule has 0 heterocycles. The highest BCUT2D eigenvalue weighted by molar-refractivity contribution is 9.10. The van der Waals surface area contributed by atoms with Gasteiger partial charge in [-0.25, -0.2) is 4.39 Å². The zero-order valence-electron chi connectivity index (χ0n) is 10.1. The molecule has 1 aromatic carbocycles. The molecule has 0 aromatic heterocycles. The molecule has 0 saturated carbocycles. The quantitative estimate of drug-likeness (QED) is 0.897. The Bertz CT molecular complexity index is 357. The second-order valence-electron chi connectivity index (χ2n) is 5.25. The molecule has 1 nitrogen and oxygen atoms in total. The minimum absolute atomic E-state index is 0.0970. The van der Waals surface area contributed by atoms with Gasteiger partial charge in [0.1, 0.15) is 5.82 Å². The molecule has 1 rings (SSSR count). The van der Waals surface area contributed by atoms with Gasteiger partial charge >= 0.3 is 0 Å². The maximum atomic E-state index is 13.1. The van der Waals surface area contributed by atoms with Gasteiger partial charge in [0, 0.05) is 10.5 Å². The van der Waals surface area contributed by atoms with Crippen molar-refractivity contribution in [3.05, 3.63) is 34.1 Å². The Kier molecular flexibility index (Phi) is 4.51. The van der Waals surface area contributed by atoms with Crippen LogP contribution in [0, 0.1) is 11.2 Å². The van der Waals surface area contributed by atoms with Crippen molar-refractivity contribution in [1.82, 2.24) is 0 Å². The van der Waals surface area contributed by atoms with E-state index >= 15 is 0 Å².